The number of benzene rings is 1. The van der Waals surface area contributed by atoms with E-state index in [1.807, 2.05) is 6.07 Å². The molecular weight excluding hydrogens is 333 g/mol. The molecule has 0 aliphatic carbocycles. The molecule has 1 N–H and O–H groups in total. The maximum atomic E-state index is 13.5. The standard InChI is InChI=1S/C19H22FN5O/c20-16-3-1-2-15(10-16)17-11-18(23-12-22-17)24-19-21-7-4-14-5-8-25(9-6-14)13-26-19/h1-3,10-12,14H,4-9,13H2,(H,21,22,23,24). The second kappa shape index (κ2) is 7.78. The first-order chi connectivity index (χ1) is 12.8. The Labute approximate surface area is 152 Å². The van der Waals surface area contributed by atoms with Crippen molar-refractivity contribution in [1.82, 2.24) is 14.9 Å². The van der Waals surface area contributed by atoms with E-state index < -0.39 is 0 Å². The average Bonchev–Trinajstić information content (AvgIpc) is 2.68. The lowest BCUT2D eigenvalue weighted by Gasteiger charge is -2.32. The number of amidine groups is 1. The topological polar surface area (TPSA) is 62.6 Å². The molecule has 7 heteroatoms. The van der Waals surface area contributed by atoms with Crippen LogP contribution in [0.2, 0.25) is 0 Å². The minimum atomic E-state index is -0.292. The number of hydrogen-bond donors (Lipinski definition) is 1. The lowest BCUT2D eigenvalue weighted by Crippen LogP contribution is -2.38. The number of ether oxygens (including phenoxy) is 1. The van der Waals surface area contributed by atoms with E-state index in [9.17, 15) is 4.39 Å². The van der Waals surface area contributed by atoms with E-state index in [0.717, 1.165) is 32.0 Å². The molecule has 0 radical (unpaired) electrons. The summed E-state index contributed by atoms with van der Waals surface area (Å²) in [6.07, 6.45) is 4.99. The van der Waals surface area contributed by atoms with Crippen LogP contribution in [0.5, 0.6) is 0 Å². The zero-order valence-electron chi connectivity index (χ0n) is 14.6. The number of rotatable bonds is 2. The van der Waals surface area contributed by atoms with Gasteiger partial charge in [-0.3, -0.25) is 10.2 Å². The van der Waals surface area contributed by atoms with E-state index in [1.165, 1.54) is 31.3 Å². The molecule has 136 valence electrons. The molecule has 26 heavy (non-hydrogen) atoms. The monoisotopic (exact) mass is 355 g/mol. The van der Waals surface area contributed by atoms with Crippen molar-refractivity contribution in [3.8, 4) is 11.3 Å². The molecule has 0 saturated carbocycles. The van der Waals surface area contributed by atoms with Gasteiger partial charge >= 0.3 is 0 Å². The second-order valence-corrected chi connectivity index (χ2v) is 6.73. The van der Waals surface area contributed by atoms with Gasteiger partial charge in [-0.05, 0) is 37.3 Å². The summed E-state index contributed by atoms with van der Waals surface area (Å²) in [7, 11) is 0. The zero-order chi connectivity index (χ0) is 17.8. The van der Waals surface area contributed by atoms with Gasteiger partial charge in [0, 0.05) is 31.3 Å². The first-order valence-corrected chi connectivity index (χ1v) is 9.01. The summed E-state index contributed by atoms with van der Waals surface area (Å²) in [6, 6.07) is 8.59. The molecule has 2 aromatic rings. The van der Waals surface area contributed by atoms with E-state index in [0.29, 0.717) is 29.8 Å². The smallest absolute Gasteiger partial charge is 0.291 e. The highest BCUT2D eigenvalue weighted by Gasteiger charge is 2.21. The van der Waals surface area contributed by atoms with E-state index in [1.54, 1.807) is 12.1 Å². The van der Waals surface area contributed by atoms with Crippen molar-refractivity contribution in [2.75, 3.05) is 31.7 Å². The second-order valence-electron chi connectivity index (χ2n) is 6.73. The van der Waals surface area contributed by atoms with Crippen molar-refractivity contribution >= 4 is 11.8 Å². The van der Waals surface area contributed by atoms with Crippen LogP contribution in [0.4, 0.5) is 10.2 Å². The summed E-state index contributed by atoms with van der Waals surface area (Å²) in [5, 5.41) is 3.14. The van der Waals surface area contributed by atoms with Gasteiger partial charge in [-0.25, -0.2) is 19.4 Å². The van der Waals surface area contributed by atoms with Crippen molar-refractivity contribution in [3.05, 3.63) is 42.5 Å². The molecule has 1 aromatic heterocycles. The SMILES string of the molecule is Fc1cccc(-c2cc(N/C3=N/CCC4CCN(CC4)CO3)ncn2)c1. The number of piperidine rings is 1. The van der Waals surface area contributed by atoms with Gasteiger partial charge in [0.2, 0.25) is 0 Å². The average molecular weight is 355 g/mol. The molecule has 1 saturated heterocycles. The first-order valence-electron chi connectivity index (χ1n) is 9.01. The Balaban J connectivity index is 1.50. The molecule has 3 aliphatic rings. The van der Waals surface area contributed by atoms with E-state index in [2.05, 4.69) is 25.2 Å². The normalized spacial score (nSPS) is 25.0. The lowest BCUT2D eigenvalue weighted by molar-refractivity contribution is 0.0761. The summed E-state index contributed by atoms with van der Waals surface area (Å²) >= 11 is 0. The van der Waals surface area contributed by atoms with Crippen LogP contribution in [0.15, 0.2) is 41.7 Å². The Bertz CT molecular complexity index is 789. The fraction of sp³-hybridized carbons (Fsp3) is 0.421. The van der Waals surface area contributed by atoms with Crippen LogP contribution >= 0.6 is 0 Å². The van der Waals surface area contributed by atoms with Gasteiger partial charge in [-0.2, -0.15) is 0 Å². The van der Waals surface area contributed by atoms with Crippen LogP contribution in [0, 0.1) is 11.7 Å². The molecule has 1 fully saturated rings. The first kappa shape index (κ1) is 16.9. The van der Waals surface area contributed by atoms with Gasteiger partial charge in [0.1, 0.15) is 24.7 Å². The third-order valence-corrected chi connectivity index (χ3v) is 4.91. The Morgan fingerprint density at radius 2 is 2.00 bits per heavy atom. The van der Waals surface area contributed by atoms with Gasteiger partial charge in [0.25, 0.3) is 6.02 Å². The fourth-order valence-corrected chi connectivity index (χ4v) is 3.37. The minimum Gasteiger partial charge on any atom is -0.449 e. The summed E-state index contributed by atoms with van der Waals surface area (Å²) in [5.41, 5.74) is 1.35. The molecule has 5 rings (SSSR count). The van der Waals surface area contributed by atoms with Crippen LogP contribution in [0.1, 0.15) is 19.3 Å². The van der Waals surface area contributed by atoms with Crippen LogP contribution in [0.25, 0.3) is 11.3 Å². The number of hydrogen-bond acceptors (Lipinski definition) is 6. The van der Waals surface area contributed by atoms with Crippen LogP contribution in [0.3, 0.4) is 0 Å². The third kappa shape index (κ3) is 4.16. The Hall–Kier alpha value is -2.54. The molecule has 0 atom stereocenters. The van der Waals surface area contributed by atoms with E-state index >= 15 is 0 Å². The van der Waals surface area contributed by atoms with E-state index in [4.69, 9.17) is 4.74 Å². The van der Waals surface area contributed by atoms with Crippen molar-refractivity contribution in [1.29, 1.82) is 0 Å². The molecule has 0 spiro atoms. The molecule has 0 unspecified atom stereocenters. The zero-order valence-corrected chi connectivity index (χ0v) is 14.6. The lowest BCUT2D eigenvalue weighted by atomic mass is 9.94. The number of anilines is 1. The molecule has 0 amide bonds. The predicted octanol–water partition coefficient (Wildman–Crippen LogP) is 3.14. The minimum absolute atomic E-state index is 0.292. The number of nitrogens with zero attached hydrogens (tertiary/aromatic N) is 4. The van der Waals surface area contributed by atoms with Gasteiger partial charge in [-0.1, -0.05) is 12.1 Å². The molecule has 2 bridgehead atoms. The highest BCUT2D eigenvalue weighted by Crippen LogP contribution is 2.22. The number of halogens is 1. The van der Waals surface area contributed by atoms with Gasteiger partial charge in [0.15, 0.2) is 0 Å². The van der Waals surface area contributed by atoms with Gasteiger partial charge in [-0.15, -0.1) is 0 Å². The highest BCUT2D eigenvalue weighted by atomic mass is 19.1. The Kier molecular flexibility index (Phi) is 5.06. The fourth-order valence-electron chi connectivity index (χ4n) is 3.37. The molecule has 6 nitrogen and oxygen atoms in total. The maximum Gasteiger partial charge on any atom is 0.291 e. The van der Waals surface area contributed by atoms with Crippen LogP contribution in [-0.2, 0) is 4.74 Å². The molecule has 4 heterocycles. The summed E-state index contributed by atoms with van der Waals surface area (Å²) in [4.78, 5) is 15.3. The summed E-state index contributed by atoms with van der Waals surface area (Å²) in [6.45, 7) is 3.43. The van der Waals surface area contributed by atoms with Crippen LogP contribution in [-0.4, -0.2) is 47.3 Å². The number of aromatic nitrogens is 2. The number of nitrogens with one attached hydrogen (secondary N) is 1. The Morgan fingerprint density at radius 1 is 1.12 bits per heavy atom. The van der Waals surface area contributed by atoms with Crippen molar-refractivity contribution in [2.45, 2.75) is 19.3 Å². The quantitative estimate of drug-likeness (QED) is 0.897. The van der Waals surface area contributed by atoms with Crippen molar-refractivity contribution < 1.29 is 9.13 Å². The van der Waals surface area contributed by atoms with Gasteiger partial charge in [0.05, 0.1) is 5.69 Å². The molecular formula is C19H22FN5O. The largest absolute Gasteiger partial charge is 0.449 e. The van der Waals surface area contributed by atoms with Crippen molar-refractivity contribution in [2.24, 2.45) is 10.9 Å². The summed E-state index contributed by atoms with van der Waals surface area (Å²) < 4.78 is 19.3. The number of fused-ring (bicyclic) bond motifs is 6. The summed E-state index contributed by atoms with van der Waals surface area (Å²) in [5.74, 6) is 1.04. The molecule has 3 aliphatic heterocycles. The highest BCUT2D eigenvalue weighted by molar-refractivity contribution is 5.88. The third-order valence-electron chi connectivity index (χ3n) is 4.91. The van der Waals surface area contributed by atoms with E-state index in [-0.39, 0.29) is 5.82 Å². The van der Waals surface area contributed by atoms with Gasteiger partial charge < -0.3 is 4.74 Å². The Morgan fingerprint density at radius 3 is 2.85 bits per heavy atom. The molecule has 1 aromatic carbocycles. The number of aliphatic imine (C=N–C) groups is 1. The predicted molar refractivity (Wildman–Crippen MR) is 98.2 cm³/mol. The van der Waals surface area contributed by atoms with Crippen LogP contribution < -0.4 is 5.32 Å². The maximum absolute atomic E-state index is 13.5. The van der Waals surface area contributed by atoms with Crippen molar-refractivity contribution in [3.63, 3.8) is 0 Å².